The van der Waals surface area contributed by atoms with Gasteiger partial charge in [-0.2, -0.15) is 0 Å². The van der Waals surface area contributed by atoms with Crippen molar-refractivity contribution in [2.24, 2.45) is 4.99 Å². The van der Waals surface area contributed by atoms with Crippen LogP contribution in [0.15, 0.2) is 83.9 Å². The normalized spacial score (nSPS) is 17.6. The van der Waals surface area contributed by atoms with Gasteiger partial charge in [0.25, 0.3) is 5.91 Å². The fraction of sp³-hybridized carbons (Fsp3) is 0.130. The van der Waals surface area contributed by atoms with Gasteiger partial charge in [0, 0.05) is 23.6 Å². The summed E-state index contributed by atoms with van der Waals surface area (Å²) < 4.78 is 13.2. The number of aliphatic imine (C=N–C) groups is 1. The molecular formula is C23H19FN2O. The maximum Gasteiger partial charge on any atom is 0.258 e. The van der Waals surface area contributed by atoms with Gasteiger partial charge in [-0.25, -0.2) is 4.39 Å². The van der Waals surface area contributed by atoms with Crippen LogP contribution in [0.2, 0.25) is 0 Å². The highest BCUT2D eigenvalue weighted by molar-refractivity contribution is 6.15. The van der Waals surface area contributed by atoms with E-state index in [1.165, 1.54) is 12.1 Å². The van der Waals surface area contributed by atoms with Crippen LogP contribution in [0.4, 0.5) is 15.8 Å². The Balaban J connectivity index is 1.76. The summed E-state index contributed by atoms with van der Waals surface area (Å²) in [6.45, 7) is 2.02. The zero-order valence-electron chi connectivity index (χ0n) is 15.0. The molecule has 0 radical (unpaired) electrons. The van der Waals surface area contributed by atoms with Crippen molar-refractivity contribution in [3.05, 3.63) is 95.8 Å². The van der Waals surface area contributed by atoms with Gasteiger partial charge in [0.05, 0.1) is 17.1 Å². The van der Waals surface area contributed by atoms with Crippen LogP contribution >= 0.6 is 0 Å². The molecule has 1 atom stereocenters. The standard InChI is InChI=1S/C23H19FN2O/c1-16-15-21(25-19-13-11-18(24)12-14-19)20-9-5-6-10-22(20)26(16)23(27)17-7-3-2-4-8-17/h2-14,16H,15H2,1H3. The van der Waals surface area contributed by atoms with Crippen molar-refractivity contribution < 1.29 is 9.18 Å². The molecule has 1 aliphatic heterocycles. The molecule has 0 N–H and O–H groups in total. The maximum atomic E-state index is 13.2. The van der Waals surface area contributed by atoms with Gasteiger partial charge in [0.15, 0.2) is 0 Å². The number of rotatable bonds is 2. The molecule has 0 spiro atoms. The van der Waals surface area contributed by atoms with E-state index in [9.17, 15) is 9.18 Å². The molecule has 1 aliphatic rings. The molecule has 0 fully saturated rings. The molecule has 1 unspecified atom stereocenters. The smallest absolute Gasteiger partial charge is 0.258 e. The molecule has 4 rings (SSSR count). The Morgan fingerprint density at radius 1 is 0.963 bits per heavy atom. The summed E-state index contributed by atoms with van der Waals surface area (Å²) in [7, 11) is 0. The van der Waals surface area contributed by atoms with Crippen LogP contribution in [0.25, 0.3) is 0 Å². The quantitative estimate of drug-likeness (QED) is 0.605. The van der Waals surface area contributed by atoms with Crippen molar-refractivity contribution in [3.63, 3.8) is 0 Å². The molecule has 0 bridgehead atoms. The lowest BCUT2D eigenvalue weighted by molar-refractivity contribution is 0.0978. The van der Waals surface area contributed by atoms with E-state index >= 15 is 0 Å². The van der Waals surface area contributed by atoms with Crippen molar-refractivity contribution in [3.8, 4) is 0 Å². The van der Waals surface area contributed by atoms with Gasteiger partial charge in [-0.1, -0.05) is 36.4 Å². The van der Waals surface area contributed by atoms with Crippen molar-refractivity contribution in [2.75, 3.05) is 4.90 Å². The molecule has 27 heavy (non-hydrogen) atoms. The molecular weight excluding hydrogens is 339 g/mol. The largest absolute Gasteiger partial charge is 0.305 e. The number of nitrogens with zero attached hydrogens (tertiary/aromatic N) is 2. The third-order valence-electron chi connectivity index (χ3n) is 4.73. The Morgan fingerprint density at radius 2 is 1.63 bits per heavy atom. The SMILES string of the molecule is CC1CC(=Nc2ccc(F)cc2)c2ccccc2N1C(=O)c1ccccc1. The maximum absolute atomic E-state index is 13.2. The fourth-order valence-corrected chi connectivity index (χ4v) is 3.45. The molecule has 3 aromatic rings. The third kappa shape index (κ3) is 3.38. The first-order valence-electron chi connectivity index (χ1n) is 8.94. The van der Waals surface area contributed by atoms with E-state index in [1.807, 2.05) is 66.4 Å². The second-order valence-corrected chi connectivity index (χ2v) is 6.65. The van der Waals surface area contributed by atoms with Crippen molar-refractivity contribution in [2.45, 2.75) is 19.4 Å². The molecule has 3 nitrogen and oxygen atoms in total. The van der Waals surface area contributed by atoms with E-state index in [4.69, 9.17) is 4.99 Å². The first-order valence-corrected chi connectivity index (χ1v) is 8.94. The van der Waals surface area contributed by atoms with Crippen LogP contribution in [0, 0.1) is 5.82 Å². The predicted molar refractivity (Wildman–Crippen MR) is 106 cm³/mol. The lowest BCUT2D eigenvalue weighted by Crippen LogP contribution is -2.44. The topological polar surface area (TPSA) is 32.7 Å². The van der Waals surface area contributed by atoms with E-state index in [0.29, 0.717) is 17.7 Å². The second kappa shape index (κ2) is 7.16. The zero-order valence-corrected chi connectivity index (χ0v) is 15.0. The first kappa shape index (κ1) is 17.2. The second-order valence-electron chi connectivity index (χ2n) is 6.65. The molecule has 0 saturated carbocycles. The van der Waals surface area contributed by atoms with Gasteiger partial charge < -0.3 is 4.90 Å². The lowest BCUT2D eigenvalue weighted by Gasteiger charge is -2.36. The summed E-state index contributed by atoms with van der Waals surface area (Å²) in [4.78, 5) is 19.7. The number of halogens is 1. The van der Waals surface area contributed by atoms with Crippen LogP contribution in [0.5, 0.6) is 0 Å². The van der Waals surface area contributed by atoms with Crippen LogP contribution in [-0.2, 0) is 0 Å². The Labute approximate surface area is 157 Å². The van der Waals surface area contributed by atoms with E-state index in [0.717, 1.165) is 17.0 Å². The number of carbonyl (C=O) groups is 1. The number of hydrogen-bond acceptors (Lipinski definition) is 2. The Hall–Kier alpha value is -3.27. The summed E-state index contributed by atoms with van der Waals surface area (Å²) in [5.74, 6) is -0.299. The van der Waals surface area contributed by atoms with Crippen molar-refractivity contribution in [1.82, 2.24) is 0 Å². The van der Waals surface area contributed by atoms with Gasteiger partial charge in [-0.05, 0) is 49.4 Å². The first-order chi connectivity index (χ1) is 13.1. The molecule has 1 heterocycles. The van der Waals surface area contributed by atoms with E-state index in [2.05, 4.69) is 0 Å². The molecule has 0 aromatic heterocycles. The van der Waals surface area contributed by atoms with Crippen LogP contribution in [-0.4, -0.2) is 17.7 Å². The predicted octanol–water partition coefficient (Wildman–Crippen LogP) is 5.39. The minimum absolute atomic E-state index is 0.0172. The van der Waals surface area contributed by atoms with Gasteiger partial charge in [-0.3, -0.25) is 9.79 Å². The van der Waals surface area contributed by atoms with Crippen LogP contribution < -0.4 is 4.90 Å². The molecule has 3 aromatic carbocycles. The van der Waals surface area contributed by atoms with E-state index in [-0.39, 0.29) is 17.8 Å². The summed E-state index contributed by atoms with van der Waals surface area (Å²) in [5.41, 5.74) is 4.06. The minimum Gasteiger partial charge on any atom is -0.305 e. The highest BCUT2D eigenvalue weighted by Crippen LogP contribution is 2.33. The van der Waals surface area contributed by atoms with Gasteiger partial charge >= 0.3 is 0 Å². The van der Waals surface area contributed by atoms with E-state index < -0.39 is 0 Å². The zero-order chi connectivity index (χ0) is 18.8. The third-order valence-corrected chi connectivity index (χ3v) is 4.73. The summed E-state index contributed by atoms with van der Waals surface area (Å²) in [6.07, 6.45) is 0.632. The number of anilines is 1. The van der Waals surface area contributed by atoms with Crippen LogP contribution in [0.3, 0.4) is 0 Å². The molecule has 1 amide bonds. The summed E-state index contributed by atoms with van der Waals surface area (Å²) >= 11 is 0. The average Bonchev–Trinajstić information content (AvgIpc) is 2.70. The highest BCUT2D eigenvalue weighted by atomic mass is 19.1. The lowest BCUT2D eigenvalue weighted by atomic mass is 9.93. The number of benzene rings is 3. The number of para-hydroxylation sites is 1. The Morgan fingerprint density at radius 3 is 2.37 bits per heavy atom. The Kier molecular flexibility index (Phi) is 4.55. The van der Waals surface area contributed by atoms with Crippen molar-refractivity contribution >= 4 is 23.0 Å². The minimum atomic E-state index is -0.281. The van der Waals surface area contributed by atoms with Crippen molar-refractivity contribution in [1.29, 1.82) is 0 Å². The van der Waals surface area contributed by atoms with Gasteiger partial charge in [0.1, 0.15) is 5.82 Å². The molecule has 0 saturated heterocycles. The molecule has 134 valence electrons. The summed E-state index contributed by atoms with van der Waals surface area (Å²) in [6, 6.07) is 23.2. The van der Waals surface area contributed by atoms with Crippen LogP contribution in [0.1, 0.15) is 29.3 Å². The fourth-order valence-electron chi connectivity index (χ4n) is 3.45. The number of hydrogen-bond donors (Lipinski definition) is 0. The molecule has 0 aliphatic carbocycles. The average molecular weight is 358 g/mol. The Bertz CT molecular complexity index is 996. The monoisotopic (exact) mass is 358 g/mol. The molecule has 4 heteroatoms. The van der Waals surface area contributed by atoms with Gasteiger partial charge in [-0.15, -0.1) is 0 Å². The number of carbonyl (C=O) groups excluding carboxylic acids is 1. The van der Waals surface area contributed by atoms with Gasteiger partial charge in [0.2, 0.25) is 0 Å². The number of amides is 1. The summed E-state index contributed by atoms with van der Waals surface area (Å²) in [5, 5.41) is 0. The number of fused-ring (bicyclic) bond motifs is 1. The van der Waals surface area contributed by atoms with E-state index in [1.54, 1.807) is 12.1 Å². The highest BCUT2D eigenvalue weighted by Gasteiger charge is 2.31.